The molecular weight excluding hydrogens is 407 g/mol. The Kier molecular flexibility index (Phi) is 3.22. The van der Waals surface area contributed by atoms with E-state index < -0.39 is 0 Å². The Bertz CT molecular complexity index is 603. The number of rotatable bonds is 0. The number of hydrogen-bond donors (Lipinski definition) is 0. The van der Waals surface area contributed by atoms with E-state index in [-0.39, 0.29) is 0 Å². The maximum Gasteiger partial charge on any atom is 0.187 e. The lowest BCUT2D eigenvalue weighted by atomic mass is 10.2. The summed E-state index contributed by atoms with van der Waals surface area (Å²) < 4.78 is 12.7. The van der Waals surface area contributed by atoms with Crippen LogP contribution in [0.15, 0.2) is 33.2 Å². The predicted octanol–water partition coefficient (Wildman–Crippen LogP) is 6.42. The van der Waals surface area contributed by atoms with Gasteiger partial charge in [0, 0.05) is 0 Å². The average Bonchev–Trinajstić information content (AvgIpc) is 2.41. The lowest BCUT2D eigenvalue weighted by molar-refractivity contribution is 0.356. The van der Waals surface area contributed by atoms with Crippen LogP contribution in [0.3, 0.4) is 0 Å². The monoisotopic (exact) mass is 408 g/mol. The van der Waals surface area contributed by atoms with Crippen molar-refractivity contribution in [3.05, 3.63) is 43.3 Å². The topological polar surface area (TPSA) is 18.5 Å². The van der Waals surface area contributed by atoms with Crippen LogP contribution in [0.25, 0.3) is 0 Å². The molecule has 0 unspecified atom stereocenters. The van der Waals surface area contributed by atoms with E-state index in [9.17, 15) is 0 Å². The summed E-state index contributed by atoms with van der Waals surface area (Å²) in [6, 6.07) is 7.38. The molecule has 18 heavy (non-hydrogen) atoms. The lowest BCUT2D eigenvalue weighted by Gasteiger charge is -2.23. The first kappa shape index (κ1) is 12.6. The van der Waals surface area contributed by atoms with Gasteiger partial charge in [0.1, 0.15) is 0 Å². The molecule has 6 heteroatoms. The zero-order chi connectivity index (χ0) is 12.9. The van der Waals surface area contributed by atoms with Crippen molar-refractivity contribution in [3.63, 3.8) is 0 Å². The molecule has 0 amide bonds. The van der Waals surface area contributed by atoms with Crippen molar-refractivity contribution < 1.29 is 9.47 Å². The van der Waals surface area contributed by atoms with Crippen LogP contribution in [0, 0.1) is 0 Å². The Labute approximate surface area is 130 Å². The molecule has 0 N–H and O–H groups in total. The third-order valence-corrected chi connectivity index (χ3v) is 5.28. The van der Waals surface area contributed by atoms with Crippen molar-refractivity contribution in [3.8, 4) is 23.0 Å². The van der Waals surface area contributed by atoms with Crippen molar-refractivity contribution in [1.29, 1.82) is 0 Å². The van der Waals surface area contributed by atoms with Crippen molar-refractivity contribution in [2.24, 2.45) is 0 Å². The second kappa shape index (κ2) is 4.60. The van der Waals surface area contributed by atoms with E-state index in [0.29, 0.717) is 42.0 Å². The molecule has 2 nitrogen and oxygen atoms in total. The molecule has 2 aromatic carbocycles. The van der Waals surface area contributed by atoms with E-state index in [1.807, 2.05) is 24.3 Å². The highest BCUT2D eigenvalue weighted by Gasteiger charge is 2.27. The van der Waals surface area contributed by atoms with E-state index in [1.54, 1.807) is 0 Å². The van der Waals surface area contributed by atoms with E-state index in [4.69, 9.17) is 32.7 Å². The highest BCUT2D eigenvalue weighted by atomic mass is 79.9. The molecule has 3 rings (SSSR count). The molecule has 92 valence electrons. The van der Waals surface area contributed by atoms with Crippen LogP contribution in [0.5, 0.6) is 23.0 Å². The van der Waals surface area contributed by atoms with Crippen LogP contribution >= 0.6 is 55.1 Å². The van der Waals surface area contributed by atoms with Gasteiger partial charge >= 0.3 is 0 Å². The standard InChI is InChI=1S/C12H4Br2Cl2O2/c13-7-9(15)10(16)8(14)12-11(7)17-5-3-1-2-4-6(5)18-12/h1-4H. The van der Waals surface area contributed by atoms with Gasteiger partial charge in [0.15, 0.2) is 23.0 Å². The fourth-order valence-electron chi connectivity index (χ4n) is 1.61. The summed E-state index contributed by atoms with van der Waals surface area (Å²) in [5.74, 6) is 2.29. The highest BCUT2D eigenvalue weighted by Crippen LogP contribution is 2.56. The Morgan fingerprint density at radius 2 is 1.17 bits per heavy atom. The lowest BCUT2D eigenvalue weighted by Crippen LogP contribution is -2.01. The van der Waals surface area contributed by atoms with Crippen molar-refractivity contribution in [2.75, 3.05) is 0 Å². The summed E-state index contributed by atoms with van der Waals surface area (Å²) in [6.45, 7) is 0. The molecule has 0 radical (unpaired) electrons. The predicted molar refractivity (Wildman–Crippen MR) is 78.5 cm³/mol. The normalized spacial score (nSPS) is 12.2. The second-order valence-electron chi connectivity index (χ2n) is 3.57. The zero-order valence-electron chi connectivity index (χ0n) is 8.64. The number of fused-ring (bicyclic) bond motifs is 2. The van der Waals surface area contributed by atoms with E-state index in [2.05, 4.69) is 31.9 Å². The zero-order valence-corrected chi connectivity index (χ0v) is 13.3. The molecule has 0 saturated heterocycles. The number of benzene rings is 2. The number of halogens is 4. The first-order valence-corrected chi connectivity index (χ1v) is 7.24. The first-order chi connectivity index (χ1) is 8.59. The summed E-state index contributed by atoms with van der Waals surface area (Å²) in [5.41, 5.74) is 0. The molecule has 0 aliphatic carbocycles. The number of hydrogen-bond acceptors (Lipinski definition) is 2. The smallest absolute Gasteiger partial charge is 0.187 e. The maximum atomic E-state index is 6.10. The molecule has 1 aliphatic heterocycles. The highest BCUT2D eigenvalue weighted by molar-refractivity contribution is 9.11. The second-order valence-corrected chi connectivity index (χ2v) is 5.91. The van der Waals surface area contributed by atoms with Crippen LogP contribution < -0.4 is 9.47 Å². The molecule has 0 aromatic heterocycles. The van der Waals surface area contributed by atoms with Crippen LogP contribution in [0.1, 0.15) is 0 Å². The summed E-state index contributed by atoms with van der Waals surface area (Å²) in [5, 5.41) is 0.760. The van der Waals surface area contributed by atoms with Gasteiger partial charge in [-0.05, 0) is 44.0 Å². The maximum absolute atomic E-state index is 6.10. The fraction of sp³-hybridized carbons (Fsp3) is 0. The van der Waals surface area contributed by atoms with Gasteiger partial charge in [0.25, 0.3) is 0 Å². The summed E-state index contributed by atoms with van der Waals surface area (Å²) >= 11 is 18.9. The van der Waals surface area contributed by atoms with Crippen LogP contribution in [0.2, 0.25) is 10.0 Å². The Hall–Kier alpha value is -0.420. The van der Waals surface area contributed by atoms with Crippen molar-refractivity contribution in [1.82, 2.24) is 0 Å². The minimum atomic E-state index is 0.380. The fourth-order valence-corrected chi connectivity index (χ4v) is 3.12. The van der Waals surface area contributed by atoms with Crippen LogP contribution in [-0.2, 0) is 0 Å². The number of ether oxygens (including phenoxy) is 2. The van der Waals surface area contributed by atoms with E-state index >= 15 is 0 Å². The third-order valence-electron chi connectivity index (χ3n) is 2.46. The molecule has 0 atom stereocenters. The third kappa shape index (κ3) is 1.83. The van der Waals surface area contributed by atoms with Gasteiger partial charge in [-0.1, -0.05) is 35.3 Å². The molecule has 1 aliphatic rings. The molecule has 2 aromatic rings. The summed E-state index contributed by atoms with van der Waals surface area (Å²) in [6.07, 6.45) is 0. The van der Waals surface area contributed by atoms with Crippen molar-refractivity contribution in [2.45, 2.75) is 0 Å². The molecular formula is C12H4Br2Cl2O2. The van der Waals surface area contributed by atoms with E-state index in [1.165, 1.54) is 0 Å². The van der Waals surface area contributed by atoms with Gasteiger partial charge in [0.05, 0.1) is 19.0 Å². The molecule has 0 fully saturated rings. The van der Waals surface area contributed by atoms with Gasteiger partial charge < -0.3 is 9.47 Å². The summed E-state index contributed by atoms with van der Waals surface area (Å²) in [7, 11) is 0. The number of para-hydroxylation sites is 2. The van der Waals surface area contributed by atoms with Crippen LogP contribution in [-0.4, -0.2) is 0 Å². The van der Waals surface area contributed by atoms with Crippen LogP contribution in [0.4, 0.5) is 0 Å². The SMILES string of the molecule is Clc1c(Cl)c(Br)c2c(c1Br)Oc1ccccc1O2. The Morgan fingerprint density at radius 3 is 1.56 bits per heavy atom. The molecule has 0 spiro atoms. The van der Waals surface area contributed by atoms with Gasteiger partial charge in [-0.2, -0.15) is 0 Å². The average molecular weight is 411 g/mol. The Balaban J connectivity index is 2.25. The Morgan fingerprint density at radius 1 is 0.778 bits per heavy atom. The van der Waals surface area contributed by atoms with Gasteiger partial charge in [-0.25, -0.2) is 0 Å². The summed E-state index contributed by atoms with van der Waals surface area (Å²) in [4.78, 5) is 0. The van der Waals surface area contributed by atoms with Gasteiger partial charge in [-0.15, -0.1) is 0 Å². The minimum absolute atomic E-state index is 0.380. The molecule has 0 saturated carbocycles. The molecule has 0 bridgehead atoms. The van der Waals surface area contributed by atoms with E-state index in [0.717, 1.165) is 0 Å². The molecule has 1 heterocycles. The minimum Gasteiger partial charge on any atom is -0.448 e. The largest absolute Gasteiger partial charge is 0.448 e. The van der Waals surface area contributed by atoms with Gasteiger partial charge in [-0.3, -0.25) is 0 Å². The van der Waals surface area contributed by atoms with Crippen molar-refractivity contribution >= 4 is 55.1 Å². The quantitative estimate of drug-likeness (QED) is 0.314. The first-order valence-electron chi connectivity index (χ1n) is 4.90. The van der Waals surface area contributed by atoms with Gasteiger partial charge in [0.2, 0.25) is 0 Å².